The van der Waals surface area contributed by atoms with Crippen LogP contribution in [0, 0.1) is 0 Å². The SMILES string of the molecule is C[Si](C)(C)CCOC(=O)C(N)CCS(C)(=O)=O. The highest BCUT2D eigenvalue weighted by atomic mass is 32.2. The van der Waals surface area contributed by atoms with Gasteiger partial charge in [-0.15, -0.1) is 0 Å². The summed E-state index contributed by atoms with van der Waals surface area (Å²) in [5.41, 5.74) is 5.55. The van der Waals surface area contributed by atoms with E-state index in [0.717, 1.165) is 12.3 Å². The molecule has 0 spiro atoms. The third-order valence-corrected chi connectivity index (χ3v) is 4.88. The highest BCUT2D eigenvalue weighted by Crippen LogP contribution is 2.08. The molecule has 0 aliphatic rings. The van der Waals surface area contributed by atoms with Crippen molar-refractivity contribution in [1.82, 2.24) is 0 Å². The van der Waals surface area contributed by atoms with Crippen LogP contribution in [0.4, 0.5) is 0 Å². The molecule has 2 N–H and O–H groups in total. The zero-order valence-electron chi connectivity index (χ0n) is 11.0. The molecule has 0 saturated heterocycles. The van der Waals surface area contributed by atoms with Gasteiger partial charge in [0.15, 0.2) is 0 Å². The summed E-state index contributed by atoms with van der Waals surface area (Å²) in [5, 5.41) is 0. The van der Waals surface area contributed by atoms with Crippen LogP contribution in [0.5, 0.6) is 0 Å². The molecule has 1 unspecified atom stereocenters. The molecule has 0 aromatic heterocycles. The predicted octanol–water partition coefficient (Wildman–Crippen LogP) is 0.630. The fourth-order valence-electron chi connectivity index (χ4n) is 1.02. The Bertz CT molecular complexity index is 348. The van der Waals surface area contributed by atoms with Gasteiger partial charge in [-0.3, -0.25) is 4.79 Å². The molecule has 0 radical (unpaired) electrons. The molecule has 0 saturated carbocycles. The highest BCUT2D eigenvalue weighted by Gasteiger charge is 2.19. The van der Waals surface area contributed by atoms with Gasteiger partial charge in [0.2, 0.25) is 0 Å². The van der Waals surface area contributed by atoms with Crippen LogP contribution in [0.3, 0.4) is 0 Å². The van der Waals surface area contributed by atoms with E-state index in [0.29, 0.717) is 6.61 Å². The molecule has 0 amide bonds. The Labute approximate surface area is 105 Å². The lowest BCUT2D eigenvalue weighted by molar-refractivity contribution is -0.144. The number of rotatable bonds is 7. The average Bonchev–Trinajstić information content (AvgIpc) is 2.10. The van der Waals surface area contributed by atoms with E-state index in [-0.39, 0.29) is 12.2 Å². The maximum absolute atomic E-state index is 11.4. The lowest BCUT2D eigenvalue weighted by Crippen LogP contribution is -2.35. The molecule has 0 aromatic carbocycles. The fraction of sp³-hybridized carbons (Fsp3) is 0.900. The third-order valence-electron chi connectivity index (χ3n) is 2.20. The summed E-state index contributed by atoms with van der Waals surface area (Å²) >= 11 is 0. The van der Waals surface area contributed by atoms with Gasteiger partial charge in [-0.05, 0) is 12.5 Å². The van der Waals surface area contributed by atoms with Gasteiger partial charge in [0, 0.05) is 14.3 Å². The first-order valence-electron chi connectivity index (χ1n) is 5.61. The Morgan fingerprint density at radius 2 is 1.88 bits per heavy atom. The topological polar surface area (TPSA) is 86.5 Å². The molecule has 0 bridgehead atoms. The predicted molar refractivity (Wildman–Crippen MR) is 71.4 cm³/mol. The van der Waals surface area contributed by atoms with Gasteiger partial charge in [0.25, 0.3) is 0 Å². The molecule has 0 fully saturated rings. The summed E-state index contributed by atoms with van der Waals surface area (Å²) in [6.45, 7) is 6.93. The molecule has 0 rings (SSSR count). The van der Waals surface area contributed by atoms with Crippen molar-refractivity contribution in [2.45, 2.75) is 38.1 Å². The Morgan fingerprint density at radius 1 is 1.35 bits per heavy atom. The van der Waals surface area contributed by atoms with Crippen molar-refractivity contribution in [3.63, 3.8) is 0 Å². The van der Waals surface area contributed by atoms with Gasteiger partial charge in [0.1, 0.15) is 15.9 Å². The number of carbonyl (C=O) groups excluding carboxylic acids is 1. The van der Waals surface area contributed by atoms with Crippen molar-refractivity contribution >= 4 is 23.9 Å². The fourth-order valence-corrected chi connectivity index (χ4v) is 2.42. The van der Waals surface area contributed by atoms with E-state index in [1.54, 1.807) is 0 Å². The van der Waals surface area contributed by atoms with E-state index in [9.17, 15) is 13.2 Å². The number of hydrogen-bond donors (Lipinski definition) is 1. The van der Waals surface area contributed by atoms with Crippen LogP contribution in [0.25, 0.3) is 0 Å². The van der Waals surface area contributed by atoms with E-state index in [1.807, 2.05) is 0 Å². The monoisotopic (exact) mass is 281 g/mol. The number of hydrogen-bond acceptors (Lipinski definition) is 5. The van der Waals surface area contributed by atoms with Crippen molar-refractivity contribution < 1.29 is 17.9 Å². The number of nitrogens with two attached hydrogens (primary N) is 1. The second kappa shape index (κ2) is 6.51. The van der Waals surface area contributed by atoms with Gasteiger partial charge in [0.05, 0.1) is 12.4 Å². The lowest BCUT2D eigenvalue weighted by atomic mass is 10.2. The van der Waals surface area contributed by atoms with Gasteiger partial charge >= 0.3 is 5.97 Å². The second-order valence-electron chi connectivity index (χ2n) is 5.50. The zero-order chi connectivity index (χ0) is 13.7. The Hall–Kier alpha value is -0.403. The minimum Gasteiger partial charge on any atom is -0.465 e. The largest absolute Gasteiger partial charge is 0.465 e. The smallest absolute Gasteiger partial charge is 0.322 e. The standard InChI is InChI=1S/C10H23NO4SSi/c1-16(13,14)7-5-9(11)10(12)15-6-8-17(2,3)4/h9H,5-8,11H2,1-4H3. The van der Waals surface area contributed by atoms with Crippen LogP contribution < -0.4 is 5.73 Å². The molecule has 0 heterocycles. The van der Waals surface area contributed by atoms with Crippen LogP contribution in [0.15, 0.2) is 0 Å². The normalized spacial score (nSPS) is 14.4. The Morgan fingerprint density at radius 3 is 2.29 bits per heavy atom. The molecular weight excluding hydrogens is 258 g/mol. The zero-order valence-corrected chi connectivity index (χ0v) is 12.8. The van der Waals surface area contributed by atoms with Crippen LogP contribution in [-0.4, -0.2) is 47.1 Å². The molecular formula is C10H23NO4SSi. The van der Waals surface area contributed by atoms with Crippen molar-refractivity contribution in [1.29, 1.82) is 0 Å². The van der Waals surface area contributed by atoms with Gasteiger partial charge in [-0.1, -0.05) is 19.6 Å². The molecule has 0 aliphatic heterocycles. The minimum atomic E-state index is -3.08. The average molecular weight is 281 g/mol. The maximum Gasteiger partial charge on any atom is 0.322 e. The third kappa shape index (κ3) is 10.5. The summed E-state index contributed by atoms with van der Waals surface area (Å²) in [5.74, 6) is -0.594. The lowest BCUT2D eigenvalue weighted by Gasteiger charge is -2.16. The number of sulfone groups is 1. The molecule has 7 heteroatoms. The molecule has 1 atom stereocenters. The van der Waals surface area contributed by atoms with Crippen LogP contribution in [0.1, 0.15) is 6.42 Å². The van der Waals surface area contributed by atoms with Crippen molar-refractivity contribution in [3.8, 4) is 0 Å². The van der Waals surface area contributed by atoms with Crippen molar-refractivity contribution in [2.75, 3.05) is 18.6 Å². The quantitative estimate of drug-likeness (QED) is 0.546. The first kappa shape index (κ1) is 16.6. The molecule has 102 valence electrons. The van der Waals surface area contributed by atoms with E-state index in [1.165, 1.54) is 0 Å². The van der Waals surface area contributed by atoms with E-state index < -0.39 is 29.9 Å². The number of carbonyl (C=O) groups is 1. The Kier molecular flexibility index (Phi) is 6.35. The maximum atomic E-state index is 11.4. The van der Waals surface area contributed by atoms with Crippen molar-refractivity contribution in [2.24, 2.45) is 5.73 Å². The van der Waals surface area contributed by atoms with Gasteiger partial charge in [-0.2, -0.15) is 0 Å². The molecule has 0 aromatic rings. The summed E-state index contributed by atoms with van der Waals surface area (Å²) in [7, 11) is -4.30. The molecule has 5 nitrogen and oxygen atoms in total. The van der Waals surface area contributed by atoms with Crippen molar-refractivity contribution in [3.05, 3.63) is 0 Å². The highest BCUT2D eigenvalue weighted by molar-refractivity contribution is 7.90. The van der Waals surface area contributed by atoms with Crippen LogP contribution >= 0.6 is 0 Å². The summed E-state index contributed by atoms with van der Waals surface area (Å²) < 4.78 is 26.8. The van der Waals surface area contributed by atoms with Gasteiger partial charge < -0.3 is 10.5 Å². The summed E-state index contributed by atoms with van der Waals surface area (Å²) in [6.07, 6.45) is 1.24. The Balaban J connectivity index is 3.91. The first-order chi connectivity index (χ1) is 7.51. The minimum absolute atomic E-state index is 0.0860. The van der Waals surface area contributed by atoms with E-state index in [2.05, 4.69) is 19.6 Å². The second-order valence-corrected chi connectivity index (χ2v) is 13.4. The van der Waals surface area contributed by atoms with E-state index in [4.69, 9.17) is 10.5 Å². The van der Waals surface area contributed by atoms with Gasteiger partial charge in [-0.25, -0.2) is 8.42 Å². The first-order valence-corrected chi connectivity index (χ1v) is 11.4. The number of ether oxygens (including phenoxy) is 1. The van der Waals surface area contributed by atoms with Crippen LogP contribution in [-0.2, 0) is 19.4 Å². The van der Waals surface area contributed by atoms with E-state index >= 15 is 0 Å². The summed E-state index contributed by atoms with van der Waals surface area (Å²) in [4.78, 5) is 11.4. The van der Waals surface area contributed by atoms with Crippen LogP contribution in [0.2, 0.25) is 25.7 Å². The summed E-state index contributed by atoms with van der Waals surface area (Å²) in [6, 6.07) is 0.0451. The number of esters is 1. The molecule has 0 aliphatic carbocycles. The molecule has 17 heavy (non-hydrogen) atoms.